The van der Waals surface area contributed by atoms with Gasteiger partial charge >= 0.3 is 0 Å². The molecule has 0 radical (unpaired) electrons. The van der Waals surface area contributed by atoms with Gasteiger partial charge in [0, 0.05) is 29.2 Å². The summed E-state index contributed by atoms with van der Waals surface area (Å²) in [5, 5.41) is 5.01. The van der Waals surface area contributed by atoms with E-state index in [9.17, 15) is 0 Å². The summed E-state index contributed by atoms with van der Waals surface area (Å²) in [6.45, 7) is 11.1. The summed E-state index contributed by atoms with van der Waals surface area (Å²) in [6.07, 6.45) is 7.33. The number of nitrogens with one attached hydrogen (secondary N) is 1. The second-order valence-corrected chi connectivity index (χ2v) is 7.00. The Hall–Kier alpha value is -1.28. The molecule has 0 unspecified atom stereocenters. The van der Waals surface area contributed by atoms with E-state index in [4.69, 9.17) is 0 Å². The zero-order chi connectivity index (χ0) is 15.3. The molecule has 0 atom stereocenters. The first-order chi connectivity index (χ1) is 10.0. The van der Waals surface area contributed by atoms with Gasteiger partial charge in [0.15, 0.2) is 0 Å². The first kappa shape index (κ1) is 16.1. The molecule has 0 saturated carbocycles. The molecule has 21 heavy (non-hydrogen) atoms. The zero-order valence-corrected chi connectivity index (χ0v) is 14.1. The monoisotopic (exact) mass is 286 g/mol. The van der Waals surface area contributed by atoms with Crippen LogP contribution in [0.3, 0.4) is 0 Å². The molecule has 1 aromatic heterocycles. The highest BCUT2D eigenvalue weighted by Crippen LogP contribution is 2.22. The fraction of sp³-hybridized carbons (Fsp3) is 0.579. The molecule has 0 aliphatic carbocycles. The number of para-hydroxylation sites is 1. The van der Waals surface area contributed by atoms with Gasteiger partial charge in [-0.15, -0.1) is 0 Å². The van der Waals surface area contributed by atoms with E-state index in [0.29, 0.717) is 0 Å². The summed E-state index contributed by atoms with van der Waals surface area (Å²) in [5.74, 6) is 0. The van der Waals surface area contributed by atoms with Gasteiger partial charge < -0.3 is 9.88 Å². The maximum atomic E-state index is 3.59. The summed E-state index contributed by atoms with van der Waals surface area (Å²) in [4.78, 5) is 0. The predicted octanol–water partition coefficient (Wildman–Crippen LogP) is 4.76. The minimum atomic E-state index is 0.194. The molecule has 0 bridgehead atoms. The average molecular weight is 286 g/mol. The number of hydrogen-bond acceptors (Lipinski definition) is 1. The SMILES string of the molecule is CCCCCn1cc(CCNC(C)(C)C)c2ccccc21. The predicted molar refractivity (Wildman–Crippen MR) is 92.9 cm³/mol. The van der Waals surface area contributed by atoms with Gasteiger partial charge in [-0.05, 0) is 51.8 Å². The zero-order valence-electron chi connectivity index (χ0n) is 14.1. The van der Waals surface area contributed by atoms with Gasteiger partial charge in [0.25, 0.3) is 0 Å². The van der Waals surface area contributed by atoms with E-state index in [0.717, 1.165) is 19.5 Å². The topological polar surface area (TPSA) is 17.0 Å². The summed E-state index contributed by atoms with van der Waals surface area (Å²) in [7, 11) is 0. The average Bonchev–Trinajstić information content (AvgIpc) is 2.77. The molecule has 2 rings (SSSR count). The Morgan fingerprint density at radius 2 is 1.86 bits per heavy atom. The van der Waals surface area contributed by atoms with Gasteiger partial charge in [-0.1, -0.05) is 38.0 Å². The molecule has 2 heteroatoms. The van der Waals surface area contributed by atoms with Gasteiger partial charge in [-0.3, -0.25) is 0 Å². The molecule has 0 fully saturated rings. The third-order valence-electron chi connectivity index (χ3n) is 3.92. The number of rotatable bonds is 7. The summed E-state index contributed by atoms with van der Waals surface area (Å²) in [5.41, 5.74) is 3.05. The second kappa shape index (κ2) is 7.13. The van der Waals surface area contributed by atoms with Crippen LogP contribution >= 0.6 is 0 Å². The fourth-order valence-corrected chi connectivity index (χ4v) is 2.81. The van der Waals surface area contributed by atoms with Crippen LogP contribution < -0.4 is 5.32 Å². The van der Waals surface area contributed by atoms with Crippen LogP contribution in [0.1, 0.15) is 52.5 Å². The van der Waals surface area contributed by atoms with E-state index < -0.39 is 0 Å². The summed E-state index contributed by atoms with van der Waals surface area (Å²) < 4.78 is 2.44. The first-order valence-electron chi connectivity index (χ1n) is 8.33. The van der Waals surface area contributed by atoms with Crippen LogP contribution in [0, 0.1) is 0 Å². The number of unbranched alkanes of at least 4 members (excludes halogenated alkanes) is 2. The molecule has 2 nitrogen and oxygen atoms in total. The van der Waals surface area contributed by atoms with Gasteiger partial charge in [0.1, 0.15) is 0 Å². The molecule has 0 saturated heterocycles. The van der Waals surface area contributed by atoms with Crippen molar-refractivity contribution in [3.63, 3.8) is 0 Å². The van der Waals surface area contributed by atoms with Crippen molar-refractivity contribution >= 4 is 10.9 Å². The highest BCUT2D eigenvalue weighted by Gasteiger charge is 2.11. The quantitative estimate of drug-likeness (QED) is 0.726. The van der Waals surface area contributed by atoms with E-state index in [-0.39, 0.29) is 5.54 Å². The number of aromatic nitrogens is 1. The number of nitrogens with zero attached hydrogens (tertiary/aromatic N) is 1. The van der Waals surface area contributed by atoms with Gasteiger partial charge in [0.05, 0.1) is 0 Å². The Balaban J connectivity index is 2.11. The van der Waals surface area contributed by atoms with Crippen LogP contribution in [0.15, 0.2) is 30.5 Å². The lowest BCUT2D eigenvalue weighted by Gasteiger charge is -2.20. The minimum Gasteiger partial charge on any atom is -0.347 e. The summed E-state index contributed by atoms with van der Waals surface area (Å²) in [6, 6.07) is 8.81. The largest absolute Gasteiger partial charge is 0.347 e. The van der Waals surface area contributed by atoms with E-state index >= 15 is 0 Å². The highest BCUT2D eigenvalue weighted by atomic mass is 15.0. The molecule has 1 N–H and O–H groups in total. The Morgan fingerprint density at radius 3 is 2.57 bits per heavy atom. The van der Waals surface area contributed by atoms with Crippen molar-refractivity contribution in [1.29, 1.82) is 0 Å². The van der Waals surface area contributed by atoms with Crippen molar-refractivity contribution in [2.45, 2.75) is 65.5 Å². The van der Waals surface area contributed by atoms with Crippen molar-refractivity contribution in [3.8, 4) is 0 Å². The van der Waals surface area contributed by atoms with Gasteiger partial charge in [-0.25, -0.2) is 0 Å². The Morgan fingerprint density at radius 1 is 1.10 bits per heavy atom. The van der Waals surface area contributed by atoms with Crippen LogP contribution in [0.5, 0.6) is 0 Å². The lowest BCUT2D eigenvalue weighted by molar-refractivity contribution is 0.429. The van der Waals surface area contributed by atoms with Crippen molar-refractivity contribution in [2.75, 3.05) is 6.54 Å². The van der Waals surface area contributed by atoms with Crippen LogP contribution in [-0.2, 0) is 13.0 Å². The van der Waals surface area contributed by atoms with Crippen molar-refractivity contribution in [3.05, 3.63) is 36.0 Å². The lowest BCUT2D eigenvalue weighted by atomic mass is 10.1. The Bertz CT molecular complexity index is 560. The van der Waals surface area contributed by atoms with E-state index in [1.165, 1.54) is 35.7 Å². The van der Waals surface area contributed by atoms with E-state index in [1.54, 1.807) is 0 Å². The number of hydrogen-bond donors (Lipinski definition) is 1. The van der Waals surface area contributed by atoms with Crippen molar-refractivity contribution < 1.29 is 0 Å². The van der Waals surface area contributed by atoms with E-state index in [2.05, 4.69) is 68.0 Å². The molecule has 0 spiro atoms. The number of benzene rings is 1. The lowest BCUT2D eigenvalue weighted by Crippen LogP contribution is -2.37. The van der Waals surface area contributed by atoms with E-state index in [1.807, 2.05) is 0 Å². The third kappa shape index (κ3) is 4.60. The third-order valence-corrected chi connectivity index (χ3v) is 3.92. The van der Waals surface area contributed by atoms with Crippen molar-refractivity contribution in [1.82, 2.24) is 9.88 Å². The molecule has 116 valence electrons. The minimum absolute atomic E-state index is 0.194. The Labute approximate surface area is 129 Å². The molecular formula is C19H30N2. The molecule has 0 aliphatic heterocycles. The van der Waals surface area contributed by atoms with Crippen molar-refractivity contribution in [2.24, 2.45) is 0 Å². The molecule has 0 amide bonds. The molecule has 2 aromatic rings. The molecule has 0 aliphatic rings. The fourth-order valence-electron chi connectivity index (χ4n) is 2.81. The standard InChI is InChI=1S/C19H30N2/c1-5-6-9-14-21-15-16(12-13-20-19(2,3)4)17-10-7-8-11-18(17)21/h7-8,10-11,15,20H,5-6,9,12-14H2,1-4H3. The summed E-state index contributed by atoms with van der Waals surface area (Å²) >= 11 is 0. The molecular weight excluding hydrogens is 256 g/mol. The van der Waals surface area contributed by atoms with Crippen LogP contribution in [0.4, 0.5) is 0 Å². The van der Waals surface area contributed by atoms with Gasteiger partial charge in [-0.2, -0.15) is 0 Å². The van der Waals surface area contributed by atoms with Gasteiger partial charge in [0.2, 0.25) is 0 Å². The molecule has 1 heterocycles. The smallest absolute Gasteiger partial charge is 0.0483 e. The highest BCUT2D eigenvalue weighted by molar-refractivity contribution is 5.84. The Kier molecular flexibility index (Phi) is 5.46. The maximum Gasteiger partial charge on any atom is 0.0483 e. The van der Waals surface area contributed by atoms with Crippen LogP contribution in [-0.4, -0.2) is 16.7 Å². The number of fused-ring (bicyclic) bond motifs is 1. The first-order valence-corrected chi connectivity index (χ1v) is 8.33. The second-order valence-electron chi connectivity index (χ2n) is 7.00. The molecule has 1 aromatic carbocycles. The maximum absolute atomic E-state index is 3.59. The normalized spacial score (nSPS) is 12.2. The van der Waals surface area contributed by atoms with Crippen LogP contribution in [0.2, 0.25) is 0 Å². The number of aryl methyl sites for hydroxylation is 1. The van der Waals surface area contributed by atoms with Crippen LogP contribution in [0.25, 0.3) is 10.9 Å².